The van der Waals surface area contributed by atoms with Gasteiger partial charge in [0.2, 0.25) is 5.28 Å². The molecule has 0 radical (unpaired) electrons. The lowest BCUT2D eigenvalue weighted by Gasteiger charge is -2.22. The summed E-state index contributed by atoms with van der Waals surface area (Å²) < 4.78 is 0. The summed E-state index contributed by atoms with van der Waals surface area (Å²) in [6, 6.07) is 10.8. The first-order valence-electron chi connectivity index (χ1n) is 7.04. The van der Waals surface area contributed by atoms with Gasteiger partial charge in [0.1, 0.15) is 10.6 Å². The van der Waals surface area contributed by atoms with Gasteiger partial charge >= 0.3 is 0 Å². The van der Waals surface area contributed by atoms with Gasteiger partial charge in [-0.2, -0.15) is 4.98 Å². The molecule has 0 saturated heterocycles. The number of halogens is 1. The van der Waals surface area contributed by atoms with E-state index in [0.29, 0.717) is 5.28 Å². The van der Waals surface area contributed by atoms with Crippen LogP contribution in [0.3, 0.4) is 0 Å². The van der Waals surface area contributed by atoms with Crippen LogP contribution in [0.15, 0.2) is 35.7 Å². The zero-order valence-corrected chi connectivity index (χ0v) is 13.0. The van der Waals surface area contributed by atoms with Gasteiger partial charge in [-0.15, -0.1) is 11.3 Å². The third-order valence-corrected chi connectivity index (χ3v) is 4.97. The Hall–Kier alpha value is -1.65. The lowest BCUT2D eigenvalue weighted by molar-refractivity contribution is 0.793. The van der Waals surface area contributed by atoms with Gasteiger partial charge in [-0.05, 0) is 47.0 Å². The molecule has 1 aromatic carbocycles. The van der Waals surface area contributed by atoms with E-state index in [1.165, 1.54) is 11.1 Å². The molecule has 0 fully saturated rings. The molecule has 0 aliphatic carbocycles. The molecule has 4 rings (SSSR count). The predicted octanol–water partition coefficient (Wildman–Crippen LogP) is 3.95. The van der Waals surface area contributed by atoms with Crippen molar-refractivity contribution in [2.24, 2.45) is 0 Å². The minimum Gasteiger partial charge on any atom is -0.355 e. The van der Waals surface area contributed by atoms with E-state index in [1.807, 2.05) is 5.38 Å². The first-order chi connectivity index (χ1) is 10.3. The lowest BCUT2D eigenvalue weighted by Crippen LogP contribution is -2.27. The normalized spacial score (nSPS) is 15.0. The molecule has 3 aromatic rings. The summed E-state index contributed by atoms with van der Waals surface area (Å²) in [5.74, 6) is 0.971. The molecule has 1 aliphatic rings. The van der Waals surface area contributed by atoms with Crippen LogP contribution in [0.2, 0.25) is 5.28 Å². The van der Waals surface area contributed by atoms with E-state index in [0.717, 1.165) is 42.0 Å². The Kier molecular flexibility index (Phi) is 3.28. The van der Waals surface area contributed by atoms with Crippen LogP contribution in [0.1, 0.15) is 11.1 Å². The first kappa shape index (κ1) is 13.0. The van der Waals surface area contributed by atoms with Gasteiger partial charge in [-0.25, -0.2) is 4.98 Å². The average molecular weight is 316 g/mol. The molecule has 0 spiro atoms. The summed E-state index contributed by atoms with van der Waals surface area (Å²) in [6.07, 6.45) is 2.09. The predicted molar refractivity (Wildman–Crippen MR) is 88.5 cm³/mol. The Morgan fingerprint density at radius 1 is 1.00 bits per heavy atom. The maximum atomic E-state index is 6.09. The maximum absolute atomic E-state index is 6.09. The van der Waals surface area contributed by atoms with Gasteiger partial charge < -0.3 is 4.90 Å². The Bertz CT molecular complexity index is 772. The van der Waals surface area contributed by atoms with Crippen molar-refractivity contribution in [3.05, 3.63) is 52.1 Å². The second kappa shape index (κ2) is 5.28. The lowest BCUT2D eigenvalue weighted by atomic mass is 10.0. The third-order valence-electron chi connectivity index (χ3n) is 4.00. The molecule has 3 heterocycles. The van der Waals surface area contributed by atoms with Gasteiger partial charge in [0.25, 0.3) is 0 Å². The highest BCUT2D eigenvalue weighted by atomic mass is 35.5. The number of anilines is 1. The number of hydrogen-bond donors (Lipinski definition) is 0. The van der Waals surface area contributed by atoms with Crippen LogP contribution < -0.4 is 4.90 Å². The van der Waals surface area contributed by atoms with Crippen molar-refractivity contribution >= 4 is 39.0 Å². The molecule has 0 N–H and O–H groups in total. The van der Waals surface area contributed by atoms with E-state index in [4.69, 9.17) is 11.6 Å². The van der Waals surface area contributed by atoms with Gasteiger partial charge in [-0.1, -0.05) is 24.3 Å². The standard InChI is InChI=1S/C16H14ClN3S/c17-16-18-14(13-7-10-21-15(13)19-16)20-8-5-11-3-1-2-4-12(11)6-9-20/h1-4,7,10H,5-6,8-9H2. The zero-order chi connectivity index (χ0) is 14.2. The molecule has 2 aromatic heterocycles. The van der Waals surface area contributed by atoms with Gasteiger partial charge in [0.05, 0.1) is 5.39 Å². The van der Waals surface area contributed by atoms with Crippen molar-refractivity contribution in [2.75, 3.05) is 18.0 Å². The van der Waals surface area contributed by atoms with Crippen molar-refractivity contribution < 1.29 is 0 Å². The van der Waals surface area contributed by atoms with Crippen LogP contribution in [0, 0.1) is 0 Å². The van der Waals surface area contributed by atoms with Crippen LogP contribution in [-0.4, -0.2) is 23.1 Å². The van der Waals surface area contributed by atoms with E-state index in [1.54, 1.807) is 11.3 Å². The quantitative estimate of drug-likeness (QED) is 0.637. The van der Waals surface area contributed by atoms with E-state index in [2.05, 4.69) is 45.2 Å². The number of aromatic nitrogens is 2. The first-order valence-corrected chi connectivity index (χ1v) is 8.29. The summed E-state index contributed by atoms with van der Waals surface area (Å²) in [5.41, 5.74) is 2.89. The summed E-state index contributed by atoms with van der Waals surface area (Å²) in [7, 11) is 0. The van der Waals surface area contributed by atoms with E-state index in [-0.39, 0.29) is 0 Å². The van der Waals surface area contributed by atoms with E-state index >= 15 is 0 Å². The van der Waals surface area contributed by atoms with E-state index < -0.39 is 0 Å². The Morgan fingerprint density at radius 2 is 1.71 bits per heavy atom. The van der Waals surface area contributed by atoms with Crippen LogP contribution >= 0.6 is 22.9 Å². The number of benzene rings is 1. The summed E-state index contributed by atoms with van der Waals surface area (Å²) >= 11 is 7.70. The molecule has 0 unspecified atom stereocenters. The Balaban J connectivity index is 1.72. The molecule has 0 atom stereocenters. The molecule has 106 valence electrons. The molecule has 21 heavy (non-hydrogen) atoms. The highest BCUT2D eigenvalue weighted by Gasteiger charge is 2.18. The maximum Gasteiger partial charge on any atom is 0.225 e. The number of nitrogens with zero attached hydrogens (tertiary/aromatic N) is 3. The fourth-order valence-electron chi connectivity index (χ4n) is 2.94. The van der Waals surface area contributed by atoms with Crippen molar-refractivity contribution in [1.29, 1.82) is 0 Å². The fraction of sp³-hybridized carbons (Fsp3) is 0.250. The largest absolute Gasteiger partial charge is 0.355 e. The van der Waals surface area contributed by atoms with Crippen molar-refractivity contribution in [1.82, 2.24) is 9.97 Å². The third kappa shape index (κ3) is 2.39. The van der Waals surface area contributed by atoms with Crippen LogP contribution in [0.4, 0.5) is 5.82 Å². The molecule has 3 nitrogen and oxygen atoms in total. The van der Waals surface area contributed by atoms with Crippen LogP contribution in [0.5, 0.6) is 0 Å². The number of fused-ring (bicyclic) bond motifs is 2. The molecular formula is C16H14ClN3S. The van der Waals surface area contributed by atoms with Gasteiger partial charge in [0, 0.05) is 13.1 Å². The Labute approximate surface area is 132 Å². The summed E-state index contributed by atoms with van der Waals surface area (Å²) in [6.45, 7) is 1.94. The van der Waals surface area contributed by atoms with Gasteiger partial charge in [0.15, 0.2) is 0 Å². The Morgan fingerprint density at radius 3 is 2.43 bits per heavy atom. The van der Waals surface area contributed by atoms with Crippen LogP contribution in [0.25, 0.3) is 10.2 Å². The molecule has 0 amide bonds. The topological polar surface area (TPSA) is 29.0 Å². The second-order valence-electron chi connectivity index (χ2n) is 5.21. The zero-order valence-electron chi connectivity index (χ0n) is 11.4. The van der Waals surface area contributed by atoms with Crippen molar-refractivity contribution in [3.63, 3.8) is 0 Å². The van der Waals surface area contributed by atoms with Crippen molar-refractivity contribution in [3.8, 4) is 0 Å². The minimum absolute atomic E-state index is 0.335. The molecule has 0 saturated carbocycles. The molecule has 5 heteroatoms. The number of thiophene rings is 1. The smallest absolute Gasteiger partial charge is 0.225 e. The molecular weight excluding hydrogens is 302 g/mol. The number of hydrogen-bond acceptors (Lipinski definition) is 4. The number of rotatable bonds is 1. The fourth-order valence-corrected chi connectivity index (χ4v) is 3.91. The highest BCUT2D eigenvalue weighted by Crippen LogP contribution is 2.30. The SMILES string of the molecule is Clc1nc(N2CCc3ccccc3CC2)c2ccsc2n1. The molecule has 1 aliphatic heterocycles. The van der Waals surface area contributed by atoms with Gasteiger partial charge in [-0.3, -0.25) is 0 Å². The summed E-state index contributed by atoms with van der Waals surface area (Å²) in [5, 5.41) is 3.49. The van der Waals surface area contributed by atoms with Crippen LogP contribution in [-0.2, 0) is 12.8 Å². The molecule has 0 bridgehead atoms. The monoisotopic (exact) mass is 315 g/mol. The van der Waals surface area contributed by atoms with E-state index in [9.17, 15) is 0 Å². The minimum atomic E-state index is 0.335. The summed E-state index contributed by atoms with van der Waals surface area (Å²) in [4.78, 5) is 12.1. The second-order valence-corrected chi connectivity index (χ2v) is 6.44. The van der Waals surface area contributed by atoms with Crippen molar-refractivity contribution in [2.45, 2.75) is 12.8 Å². The average Bonchev–Trinajstić information content (AvgIpc) is 2.85. The highest BCUT2D eigenvalue weighted by molar-refractivity contribution is 7.16.